The normalized spacial score (nSPS) is 11.5. The number of H-pyrrole nitrogens is 1. The number of ketones is 1. The van der Waals surface area contributed by atoms with Gasteiger partial charge in [0.1, 0.15) is 11.5 Å². The van der Waals surface area contributed by atoms with Gasteiger partial charge >= 0.3 is 0 Å². The van der Waals surface area contributed by atoms with Gasteiger partial charge in [0.25, 0.3) is 0 Å². The summed E-state index contributed by atoms with van der Waals surface area (Å²) in [5, 5.41) is 0.584. The molecule has 1 aromatic heterocycles. The van der Waals surface area contributed by atoms with Crippen molar-refractivity contribution in [1.82, 2.24) is 14.7 Å². The summed E-state index contributed by atoms with van der Waals surface area (Å²) < 4.78 is 26.1. The Morgan fingerprint density at radius 2 is 2.00 bits per heavy atom. The van der Waals surface area contributed by atoms with E-state index in [9.17, 15) is 13.2 Å². The number of hydrogen-bond donors (Lipinski definition) is 2. The predicted octanol–water partition coefficient (Wildman–Crippen LogP) is 1.68. The number of nitrogens with one attached hydrogen (secondary N) is 2. The molecule has 2 rings (SSSR count). The Labute approximate surface area is 134 Å². The number of carbonyl (C=O) groups is 1. The van der Waals surface area contributed by atoms with Crippen LogP contribution in [0, 0.1) is 0 Å². The number of aryl methyl sites for hydroxylation is 1. The van der Waals surface area contributed by atoms with E-state index in [1.807, 2.05) is 0 Å². The van der Waals surface area contributed by atoms with Gasteiger partial charge in [0.05, 0.1) is 6.33 Å². The third kappa shape index (κ3) is 5.59. The molecule has 22 heavy (non-hydrogen) atoms. The molecule has 0 bridgehead atoms. The minimum absolute atomic E-state index is 0.132. The molecule has 0 aliphatic heterocycles. The molecule has 8 heteroatoms. The molecule has 1 aromatic carbocycles. The number of sulfonamides is 1. The summed E-state index contributed by atoms with van der Waals surface area (Å²) in [4.78, 5) is 18.4. The lowest BCUT2D eigenvalue weighted by molar-refractivity contribution is -0.116. The highest BCUT2D eigenvalue weighted by molar-refractivity contribution is 7.90. The lowest BCUT2D eigenvalue weighted by Gasteiger charge is -2.06. The number of Topliss-reactive ketones (excluding diaryl/α,β-unsaturated/α-hetero) is 1. The van der Waals surface area contributed by atoms with Gasteiger partial charge in [0.15, 0.2) is 0 Å². The SMILES string of the molecule is O=C(CCc1cnc[nH]1)CS(=O)(=O)NCc1ccc(Cl)cc1. The van der Waals surface area contributed by atoms with Gasteiger partial charge in [-0.15, -0.1) is 0 Å². The molecule has 0 amide bonds. The molecule has 0 saturated carbocycles. The molecule has 1 heterocycles. The van der Waals surface area contributed by atoms with Gasteiger partial charge in [0, 0.05) is 29.9 Å². The first kappa shape index (κ1) is 16.7. The summed E-state index contributed by atoms with van der Waals surface area (Å²) in [6.45, 7) is 0.132. The molecule has 0 radical (unpaired) electrons. The number of aromatic nitrogens is 2. The molecule has 0 unspecified atom stereocenters. The molecule has 0 atom stereocenters. The first-order valence-corrected chi connectivity index (χ1v) is 8.68. The summed E-state index contributed by atoms with van der Waals surface area (Å²) in [7, 11) is -3.64. The molecule has 0 saturated heterocycles. The summed E-state index contributed by atoms with van der Waals surface area (Å²) in [5.41, 5.74) is 1.58. The van der Waals surface area contributed by atoms with Crippen molar-refractivity contribution in [2.45, 2.75) is 19.4 Å². The maximum absolute atomic E-state index is 11.9. The number of nitrogens with zero attached hydrogens (tertiary/aromatic N) is 1. The van der Waals surface area contributed by atoms with Crippen molar-refractivity contribution in [3.63, 3.8) is 0 Å². The zero-order valence-corrected chi connectivity index (χ0v) is 13.3. The van der Waals surface area contributed by atoms with Gasteiger partial charge in [-0.2, -0.15) is 0 Å². The Balaban J connectivity index is 1.79. The van der Waals surface area contributed by atoms with Crippen LogP contribution in [-0.4, -0.2) is 29.9 Å². The van der Waals surface area contributed by atoms with Gasteiger partial charge in [0.2, 0.25) is 10.0 Å². The largest absolute Gasteiger partial charge is 0.348 e. The van der Waals surface area contributed by atoms with Crippen LogP contribution in [0.4, 0.5) is 0 Å². The van der Waals surface area contributed by atoms with Gasteiger partial charge < -0.3 is 4.98 Å². The van der Waals surface area contributed by atoms with Crippen molar-refractivity contribution in [1.29, 1.82) is 0 Å². The molecular formula is C14H16ClN3O3S. The maximum atomic E-state index is 11.9. The van der Waals surface area contributed by atoms with Crippen molar-refractivity contribution in [2.75, 3.05) is 5.75 Å². The number of carbonyl (C=O) groups excluding carboxylic acids is 1. The fraction of sp³-hybridized carbons (Fsp3) is 0.286. The van der Waals surface area contributed by atoms with Crippen LogP contribution in [0.2, 0.25) is 5.02 Å². The van der Waals surface area contributed by atoms with E-state index in [0.717, 1.165) is 11.3 Å². The van der Waals surface area contributed by atoms with E-state index in [-0.39, 0.29) is 18.7 Å². The molecule has 0 fully saturated rings. The Kier molecular flexibility index (Phi) is 5.70. The number of aromatic amines is 1. The molecule has 0 aliphatic rings. The third-order valence-electron chi connectivity index (χ3n) is 2.99. The van der Waals surface area contributed by atoms with Crippen LogP contribution < -0.4 is 4.72 Å². The third-order valence-corrected chi connectivity index (χ3v) is 4.53. The maximum Gasteiger partial charge on any atom is 0.219 e. The van der Waals surface area contributed by atoms with Gasteiger partial charge in [-0.05, 0) is 24.1 Å². The molecule has 6 nitrogen and oxygen atoms in total. The lowest BCUT2D eigenvalue weighted by Crippen LogP contribution is -2.29. The van der Waals surface area contributed by atoms with E-state index in [0.29, 0.717) is 11.4 Å². The minimum atomic E-state index is -3.64. The molecule has 2 N–H and O–H groups in total. The smallest absolute Gasteiger partial charge is 0.219 e. The van der Waals surface area contributed by atoms with Crippen LogP contribution in [0.25, 0.3) is 0 Å². The van der Waals surface area contributed by atoms with E-state index in [1.165, 1.54) is 6.33 Å². The summed E-state index contributed by atoms with van der Waals surface area (Å²) in [6.07, 6.45) is 3.74. The van der Waals surface area contributed by atoms with Gasteiger partial charge in [-0.1, -0.05) is 23.7 Å². The van der Waals surface area contributed by atoms with Crippen LogP contribution >= 0.6 is 11.6 Å². The average molecular weight is 342 g/mol. The fourth-order valence-corrected chi connectivity index (χ4v) is 3.01. The molecule has 0 spiro atoms. The van der Waals surface area contributed by atoms with Crippen LogP contribution in [-0.2, 0) is 27.8 Å². The van der Waals surface area contributed by atoms with E-state index in [2.05, 4.69) is 14.7 Å². The first-order valence-electron chi connectivity index (χ1n) is 6.65. The number of hydrogen-bond acceptors (Lipinski definition) is 4. The standard InChI is InChI=1S/C14H16ClN3O3S/c15-12-3-1-11(2-4-12)7-18-22(20,21)9-14(19)6-5-13-8-16-10-17-13/h1-4,8,10,18H,5-7,9H2,(H,16,17). The molecule has 118 valence electrons. The fourth-order valence-electron chi connectivity index (χ4n) is 1.83. The quantitative estimate of drug-likeness (QED) is 0.764. The van der Waals surface area contributed by atoms with Crippen LogP contribution in [0.15, 0.2) is 36.8 Å². The number of benzene rings is 1. The molecule has 0 aliphatic carbocycles. The topological polar surface area (TPSA) is 91.9 Å². The summed E-state index contributed by atoms with van der Waals surface area (Å²) >= 11 is 5.76. The lowest BCUT2D eigenvalue weighted by atomic mass is 10.2. The Morgan fingerprint density at radius 3 is 2.64 bits per heavy atom. The highest BCUT2D eigenvalue weighted by Gasteiger charge is 2.16. The van der Waals surface area contributed by atoms with E-state index in [1.54, 1.807) is 30.5 Å². The highest BCUT2D eigenvalue weighted by atomic mass is 35.5. The van der Waals surface area contributed by atoms with Gasteiger partial charge in [-0.3, -0.25) is 4.79 Å². The van der Waals surface area contributed by atoms with E-state index >= 15 is 0 Å². The van der Waals surface area contributed by atoms with Crippen molar-refractivity contribution in [3.8, 4) is 0 Å². The van der Waals surface area contributed by atoms with Crippen molar-refractivity contribution >= 4 is 27.4 Å². The zero-order valence-electron chi connectivity index (χ0n) is 11.8. The zero-order chi connectivity index (χ0) is 16.0. The van der Waals surface area contributed by atoms with E-state index in [4.69, 9.17) is 11.6 Å². The van der Waals surface area contributed by atoms with Crippen LogP contribution in [0.3, 0.4) is 0 Å². The minimum Gasteiger partial charge on any atom is -0.348 e. The molecular weight excluding hydrogens is 326 g/mol. The second-order valence-corrected chi connectivity index (χ2v) is 7.07. The monoisotopic (exact) mass is 341 g/mol. The van der Waals surface area contributed by atoms with Crippen molar-refractivity contribution in [3.05, 3.63) is 53.1 Å². The summed E-state index contributed by atoms with van der Waals surface area (Å²) in [5.74, 6) is -0.854. The average Bonchev–Trinajstić information content (AvgIpc) is 2.97. The van der Waals surface area contributed by atoms with E-state index < -0.39 is 15.8 Å². The number of rotatable bonds is 8. The van der Waals surface area contributed by atoms with Gasteiger partial charge in [-0.25, -0.2) is 18.1 Å². The summed E-state index contributed by atoms with van der Waals surface area (Å²) in [6, 6.07) is 6.82. The van der Waals surface area contributed by atoms with Crippen molar-refractivity contribution < 1.29 is 13.2 Å². The van der Waals surface area contributed by atoms with Crippen LogP contribution in [0.5, 0.6) is 0 Å². The molecule has 2 aromatic rings. The highest BCUT2D eigenvalue weighted by Crippen LogP contribution is 2.09. The predicted molar refractivity (Wildman–Crippen MR) is 84.0 cm³/mol. The van der Waals surface area contributed by atoms with Crippen LogP contribution in [0.1, 0.15) is 17.7 Å². The first-order chi connectivity index (χ1) is 10.4. The number of halogens is 1. The Bertz CT molecular complexity index is 712. The Morgan fingerprint density at radius 1 is 1.27 bits per heavy atom. The second-order valence-electron chi connectivity index (χ2n) is 4.82. The Hall–Kier alpha value is -1.70. The second kappa shape index (κ2) is 7.53. The van der Waals surface area contributed by atoms with Crippen molar-refractivity contribution in [2.24, 2.45) is 0 Å². The number of imidazole rings is 1.